The van der Waals surface area contributed by atoms with Gasteiger partial charge in [-0.1, -0.05) is 65.3 Å². The van der Waals surface area contributed by atoms with Crippen LogP contribution in [-0.2, 0) is 6.54 Å². The van der Waals surface area contributed by atoms with Crippen molar-refractivity contribution in [2.24, 2.45) is 0 Å². The Morgan fingerprint density at radius 3 is 2.78 bits per heavy atom. The summed E-state index contributed by atoms with van der Waals surface area (Å²) in [5.41, 5.74) is 4.06. The van der Waals surface area contributed by atoms with Crippen LogP contribution in [0, 0.1) is 6.92 Å². The Labute approximate surface area is 156 Å². The van der Waals surface area contributed by atoms with E-state index in [4.69, 9.17) is 4.52 Å². The molecule has 4 aromatic rings. The topological polar surface area (TPSA) is 73.0 Å². The van der Waals surface area contributed by atoms with Gasteiger partial charge in [-0.15, -0.1) is 0 Å². The molecule has 0 aliphatic carbocycles. The third-order valence-electron chi connectivity index (χ3n) is 4.12. The lowest BCUT2D eigenvalue weighted by atomic mass is 10.1. The molecule has 1 amide bonds. The van der Waals surface area contributed by atoms with Crippen molar-refractivity contribution in [3.05, 3.63) is 89.9 Å². The maximum Gasteiger partial charge on any atom is 0.277 e. The average molecular weight is 358 g/mol. The SMILES string of the molecule is Cc1cccc(Cn2cc(NC(=O)c3cc(-c4ccccc4)on3)cn2)c1. The van der Waals surface area contributed by atoms with Gasteiger partial charge in [0.25, 0.3) is 5.91 Å². The van der Waals surface area contributed by atoms with E-state index in [2.05, 4.69) is 34.6 Å². The van der Waals surface area contributed by atoms with Crippen LogP contribution in [0.3, 0.4) is 0 Å². The second kappa shape index (κ2) is 7.29. The van der Waals surface area contributed by atoms with Gasteiger partial charge in [0.15, 0.2) is 11.5 Å². The lowest BCUT2D eigenvalue weighted by molar-refractivity contribution is 0.101. The van der Waals surface area contributed by atoms with Gasteiger partial charge < -0.3 is 9.84 Å². The number of carbonyl (C=O) groups excluding carboxylic acids is 1. The largest absolute Gasteiger partial charge is 0.355 e. The number of aromatic nitrogens is 3. The zero-order valence-electron chi connectivity index (χ0n) is 14.8. The minimum absolute atomic E-state index is 0.222. The van der Waals surface area contributed by atoms with Gasteiger partial charge >= 0.3 is 0 Å². The Kier molecular flexibility index (Phi) is 4.53. The van der Waals surface area contributed by atoms with Crippen LogP contribution >= 0.6 is 0 Å². The Bertz CT molecular complexity index is 1070. The minimum Gasteiger partial charge on any atom is -0.355 e. The molecule has 6 heteroatoms. The average Bonchev–Trinajstić information content (AvgIpc) is 3.32. The van der Waals surface area contributed by atoms with E-state index in [0.29, 0.717) is 18.0 Å². The molecule has 0 radical (unpaired) electrons. The van der Waals surface area contributed by atoms with Crippen molar-refractivity contribution in [2.45, 2.75) is 13.5 Å². The van der Waals surface area contributed by atoms with Gasteiger partial charge in [0.1, 0.15) is 0 Å². The van der Waals surface area contributed by atoms with E-state index in [-0.39, 0.29) is 11.6 Å². The monoisotopic (exact) mass is 358 g/mol. The zero-order chi connectivity index (χ0) is 18.6. The van der Waals surface area contributed by atoms with E-state index in [1.807, 2.05) is 42.5 Å². The maximum atomic E-state index is 12.4. The molecule has 2 heterocycles. The summed E-state index contributed by atoms with van der Waals surface area (Å²) in [6.45, 7) is 2.69. The smallest absolute Gasteiger partial charge is 0.277 e. The fraction of sp³-hybridized carbons (Fsp3) is 0.0952. The molecule has 0 atom stereocenters. The van der Waals surface area contributed by atoms with Gasteiger partial charge in [0.05, 0.1) is 18.4 Å². The number of amides is 1. The molecule has 0 saturated heterocycles. The van der Waals surface area contributed by atoms with Gasteiger partial charge in [-0.25, -0.2) is 0 Å². The molecule has 0 saturated carbocycles. The van der Waals surface area contributed by atoms with Crippen LogP contribution in [0.4, 0.5) is 5.69 Å². The van der Waals surface area contributed by atoms with Crippen molar-refractivity contribution >= 4 is 11.6 Å². The Morgan fingerprint density at radius 1 is 1.11 bits per heavy atom. The first kappa shape index (κ1) is 16.8. The van der Waals surface area contributed by atoms with Crippen molar-refractivity contribution in [3.8, 4) is 11.3 Å². The lowest BCUT2D eigenvalue weighted by Gasteiger charge is -2.03. The fourth-order valence-electron chi connectivity index (χ4n) is 2.83. The number of aryl methyl sites for hydroxylation is 1. The van der Waals surface area contributed by atoms with E-state index in [0.717, 1.165) is 11.1 Å². The van der Waals surface area contributed by atoms with Crippen LogP contribution in [0.25, 0.3) is 11.3 Å². The third kappa shape index (κ3) is 3.95. The number of hydrogen-bond acceptors (Lipinski definition) is 4. The molecule has 0 bridgehead atoms. The Balaban J connectivity index is 1.43. The minimum atomic E-state index is -0.337. The summed E-state index contributed by atoms with van der Waals surface area (Å²) in [5.74, 6) is 0.215. The fourth-order valence-corrected chi connectivity index (χ4v) is 2.83. The molecule has 4 rings (SSSR count). The first-order chi connectivity index (χ1) is 13.2. The standard InChI is InChI=1S/C21H18N4O2/c1-15-6-5-7-16(10-15)13-25-14-18(12-22-25)23-21(26)19-11-20(27-24-19)17-8-3-2-4-9-17/h2-12,14H,13H2,1H3,(H,23,26). The zero-order valence-corrected chi connectivity index (χ0v) is 14.8. The number of anilines is 1. The van der Waals surface area contributed by atoms with Gasteiger partial charge in [-0.3, -0.25) is 9.48 Å². The first-order valence-electron chi connectivity index (χ1n) is 8.59. The van der Waals surface area contributed by atoms with Crippen LogP contribution in [-0.4, -0.2) is 20.8 Å². The summed E-state index contributed by atoms with van der Waals surface area (Å²) in [6.07, 6.45) is 3.41. The summed E-state index contributed by atoms with van der Waals surface area (Å²) in [6, 6.07) is 19.4. The van der Waals surface area contributed by atoms with Gasteiger partial charge in [0.2, 0.25) is 0 Å². The second-order valence-electron chi connectivity index (χ2n) is 6.31. The summed E-state index contributed by atoms with van der Waals surface area (Å²) < 4.78 is 7.05. The highest BCUT2D eigenvalue weighted by Gasteiger charge is 2.14. The molecule has 1 N–H and O–H groups in total. The van der Waals surface area contributed by atoms with Gasteiger partial charge in [-0.05, 0) is 12.5 Å². The summed E-state index contributed by atoms with van der Waals surface area (Å²) in [5, 5.41) is 11.0. The van der Waals surface area contributed by atoms with Gasteiger partial charge in [-0.2, -0.15) is 5.10 Å². The highest BCUT2D eigenvalue weighted by Crippen LogP contribution is 2.20. The quantitative estimate of drug-likeness (QED) is 0.582. The van der Waals surface area contributed by atoms with Crippen molar-refractivity contribution in [1.29, 1.82) is 0 Å². The van der Waals surface area contributed by atoms with Crippen molar-refractivity contribution < 1.29 is 9.32 Å². The second-order valence-corrected chi connectivity index (χ2v) is 6.31. The molecule has 6 nitrogen and oxygen atoms in total. The molecule has 0 fully saturated rings. The molecule has 2 aromatic carbocycles. The van der Waals surface area contributed by atoms with Crippen molar-refractivity contribution in [1.82, 2.24) is 14.9 Å². The highest BCUT2D eigenvalue weighted by atomic mass is 16.5. The van der Waals surface area contributed by atoms with E-state index < -0.39 is 0 Å². The van der Waals surface area contributed by atoms with E-state index in [9.17, 15) is 4.79 Å². The molecular weight excluding hydrogens is 340 g/mol. The van der Waals surface area contributed by atoms with E-state index in [1.165, 1.54) is 5.56 Å². The Morgan fingerprint density at radius 2 is 1.96 bits per heavy atom. The van der Waals surface area contributed by atoms with Gasteiger partial charge in [0, 0.05) is 17.8 Å². The van der Waals surface area contributed by atoms with Crippen LogP contribution in [0.1, 0.15) is 21.6 Å². The molecular formula is C21H18N4O2. The molecule has 0 aliphatic heterocycles. The number of hydrogen-bond donors (Lipinski definition) is 1. The summed E-state index contributed by atoms with van der Waals surface area (Å²) >= 11 is 0. The van der Waals surface area contributed by atoms with Crippen LogP contribution in [0.5, 0.6) is 0 Å². The molecule has 0 spiro atoms. The summed E-state index contributed by atoms with van der Waals surface area (Å²) in [7, 11) is 0. The number of nitrogens with one attached hydrogen (secondary N) is 1. The lowest BCUT2D eigenvalue weighted by Crippen LogP contribution is -2.11. The van der Waals surface area contributed by atoms with Crippen LogP contribution in [0.15, 0.2) is 77.6 Å². The molecule has 0 unspecified atom stereocenters. The van der Waals surface area contributed by atoms with E-state index >= 15 is 0 Å². The number of benzene rings is 2. The predicted molar refractivity (Wildman–Crippen MR) is 102 cm³/mol. The summed E-state index contributed by atoms with van der Waals surface area (Å²) in [4.78, 5) is 12.4. The first-order valence-corrected chi connectivity index (χ1v) is 8.59. The molecule has 0 aliphatic rings. The van der Waals surface area contributed by atoms with Crippen LogP contribution < -0.4 is 5.32 Å². The normalized spacial score (nSPS) is 10.7. The maximum absolute atomic E-state index is 12.4. The highest BCUT2D eigenvalue weighted by molar-refractivity contribution is 6.03. The molecule has 2 aromatic heterocycles. The van der Waals surface area contributed by atoms with Crippen molar-refractivity contribution in [3.63, 3.8) is 0 Å². The molecule has 27 heavy (non-hydrogen) atoms. The third-order valence-corrected chi connectivity index (χ3v) is 4.12. The van der Waals surface area contributed by atoms with Crippen LogP contribution in [0.2, 0.25) is 0 Å². The number of nitrogens with zero attached hydrogens (tertiary/aromatic N) is 3. The predicted octanol–water partition coefficient (Wildman–Crippen LogP) is 4.15. The Hall–Kier alpha value is -3.67. The molecule has 134 valence electrons. The van der Waals surface area contributed by atoms with E-state index in [1.54, 1.807) is 23.1 Å². The number of carbonyl (C=O) groups is 1. The number of rotatable bonds is 5. The van der Waals surface area contributed by atoms with Crippen molar-refractivity contribution in [2.75, 3.05) is 5.32 Å².